The number of carbonyl (C=O) groups is 1. The van der Waals surface area contributed by atoms with E-state index in [0.29, 0.717) is 23.9 Å². The number of amides is 1. The van der Waals surface area contributed by atoms with Crippen LogP contribution in [-0.2, 0) is 0 Å². The second-order valence-electron chi connectivity index (χ2n) is 6.48. The Labute approximate surface area is 161 Å². The zero-order chi connectivity index (χ0) is 18.6. The minimum atomic E-state index is -0.0655. The van der Waals surface area contributed by atoms with Gasteiger partial charge in [-0.2, -0.15) is 4.98 Å². The number of hydrogen-bond donors (Lipinski definition) is 0. The topological polar surface area (TPSA) is 68.2 Å². The lowest BCUT2D eigenvalue weighted by molar-refractivity contribution is 0.0522. The Morgan fingerprint density at radius 3 is 2.89 bits per heavy atom. The van der Waals surface area contributed by atoms with Gasteiger partial charge in [-0.15, -0.1) is 11.3 Å². The number of aromatic nitrogens is 3. The van der Waals surface area contributed by atoms with Crippen molar-refractivity contribution in [1.29, 1.82) is 0 Å². The highest BCUT2D eigenvalue weighted by molar-refractivity contribution is 7.13. The van der Waals surface area contributed by atoms with E-state index >= 15 is 0 Å². The predicted molar refractivity (Wildman–Crippen MR) is 104 cm³/mol. The van der Waals surface area contributed by atoms with Crippen LogP contribution in [0.2, 0.25) is 0 Å². The smallest absolute Gasteiger partial charge is 0.273 e. The van der Waals surface area contributed by atoms with E-state index in [1.165, 1.54) is 11.3 Å². The van der Waals surface area contributed by atoms with E-state index in [9.17, 15) is 4.79 Å². The number of piperidine rings is 1. The Balaban J connectivity index is 1.43. The summed E-state index contributed by atoms with van der Waals surface area (Å²) in [4.78, 5) is 27.6. The van der Waals surface area contributed by atoms with E-state index < -0.39 is 0 Å². The molecule has 2 aromatic heterocycles. The van der Waals surface area contributed by atoms with Gasteiger partial charge in [0.2, 0.25) is 5.88 Å². The molecule has 27 heavy (non-hydrogen) atoms. The number of thiazole rings is 1. The number of rotatable bonds is 4. The molecule has 1 aliphatic heterocycles. The quantitative estimate of drug-likeness (QED) is 0.692. The van der Waals surface area contributed by atoms with Crippen LogP contribution in [0.25, 0.3) is 10.6 Å². The molecule has 0 radical (unpaired) electrons. The second kappa shape index (κ2) is 7.84. The fourth-order valence-corrected chi connectivity index (χ4v) is 3.94. The van der Waals surface area contributed by atoms with Crippen LogP contribution in [0.3, 0.4) is 0 Å². The van der Waals surface area contributed by atoms with Crippen molar-refractivity contribution in [2.45, 2.75) is 25.9 Å². The van der Waals surface area contributed by atoms with Crippen LogP contribution in [0.1, 0.15) is 29.2 Å². The lowest BCUT2D eigenvalue weighted by Gasteiger charge is -2.32. The first-order valence-corrected chi connectivity index (χ1v) is 9.83. The third-order valence-corrected chi connectivity index (χ3v) is 5.34. The fourth-order valence-electron chi connectivity index (χ4n) is 3.14. The number of nitrogens with zero attached hydrogens (tertiary/aromatic N) is 4. The van der Waals surface area contributed by atoms with E-state index in [-0.39, 0.29) is 12.0 Å². The molecule has 1 amide bonds. The van der Waals surface area contributed by atoms with Gasteiger partial charge < -0.3 is 9.64 Å². The molecule has 0 bridgehead atoms. The number of likely N-dealkylation sites (tertiary alicyclic amines) is 1. The van der Waals surface area contributed by atoms with Gasteiger partial charge in [0, 0.05) is 29.8 Å². The number of hydrogen-bond acceptors (Lipinski definition) is 6. The van der Waals surface area contributed by atoms with Crippen LogP contribution in [0.5, 0.6) is 5.88 Å². The third-order valence-electron chi connectivity index (χ3n) is 4.45. The van der Waals surface area contributed by atoms with Gasteiger partial charge >= 0.3 is 0 Å². The highest BCUT2D eigenvalue weighted by Gasteiger charge is 2.27. The summed E-state index contributed by atoms with van der Waals surface area (Å²) in [5.41, 5.74) is 1.53. The molecule has 0 unspecified atom stereocenters. The van der Waals surface area contributed by atoms with E-state index in [4.69, 9.17) is 4.74 Å². The second-order valence-corrected chi connectivity index (χ2v) is 7.34. The number of carbonyl (C=O) groups excluding carboxylic acids is 1. The monoisotopic (exact) mass is 380 g/mol. The molecule has 1 saturated heterocycles. The molecule has 0 N–H and O–H groups in total. The highest BCUT2D eigenvalue weighted by Crippen LogP contribution is 2.25. The zero-order valence-electron chi connectivity index (χ0n) is 15.0. The Morgan fingerprint density at radius 1 is 1.22 bits per heavy atom. The lowest BCUT2D eigenvalue weighted by Crippen LogP contribution is -2.44. The van der Waals surface area contributed by atoms with Gasteiger partial charge in [-0.3, -0.25) is 4.79 Å². The molecule has 6 nitrogen and oxygen atoms in total. The lowest BCUT2D eigenvalue weighted by atomic mass is 10.1. The van der Waals surface area contributed by atoms with Gasteiger partial charge in [0.15, 0.2) is 0 Å². The van der Waals surface area contributed by atoms with E-state index in [1.54, 1.807) is 12.3 Å². The van der Waals surface area contributed by atoms with Crippen LogP contribution < -0.4 is 4.74 Å². The molecule has 1 fully saturated rings. The minimum Gasteiger partial charge on any atom is -0.472 e. The summed E-state index contributed by atoms with van der Waals surface area (Å²) in [6, 6.07) is 11.7. The third kappa shape index (κ3) is 4.14. The molecule has 1 aliphatic rings. The van der Waals surface area contributed by atoms with Gasteiger partial charge in [-0.1, -0.05) is 30.3 Å². The van der Waals surface area contributed by atoms with Gasteiger partial charge in [-0.05, 0) is 19.8 Å². The maximum absolute atomic E-state index is 12.9. The van der Waals surface area contributed by atoms with Crippen molar-refractivity contribution in [2.24, 2.45) is 0 Å². The summed E-state index contributed by atoms with van der Waals surface area (Å²) in [5, 5.41) is 2.70. The molecule has 1 atom stereocenters. The standard InChI is InChI=1S/C20H20N4O2S/c1-14-21-10-9-18(22-14)26-16-8-5-11-24(12-16)20(25)17-13-27-19(23-17)15-6-3-2-4-7-15/h2-4,6-7,9-10,13,16H,5,8,11-12H2,1H3/t16-/m0/s1. The van der Waals surface area contributed by atoms with Crippen molar-refractivity contribution in [3.05, 3.63) is 59.5 Å². The largest absolute Gasteiger partial charge is 0.472 e. The molecule has 1 aromatic carbocycles. The summed E-state index contributed by atoms with van der Waals surface area (Å²) in [7, 11) is 0. The van der Waals surface area contributed by atoms with E-state index in [2.05, 4.69) is 15.0 Å². The number of ether oxygens (including phenoxy) is 1. The molecule has 138 valence electrons. The average molecular weight is 380 g/mol. The van der Waals surface area contributed by atoms with E-state index in [0.717, 1.165) is 30.0 Å². The fraction of sp³-hybridized carbons (Fsp3) is 0.300. The number of benzene rings is 1. The first-order chi connectivity index (χ1) is 13.2. The summed E-state index contributed by atoms with van der Waals surface area (Å²) in [6.07, 6.45) is 3.42. The first-order valence-electron chi connectivity index (χ1n) is 8.95. The summed E-state index contributed by atoms with van der Waals surface area (Å²) in [5.74, 6) is 1.19. The van der Waals surface area contributed by atoms with Gasteiger partial charge in [0.05, 0.1) is 6.54 Å². The SMILES string of the molecule is Cc1nccc(O[C@H]2CCCN(C(=O)c3csc(-c4ccccc4)n3)C2)n1. The number of aryl methyl sites for hydroxylation is 1. The van der Waals surface area contributed by atoms with Crippen molar-refractivity contribution in [3.63, 3.8) is 0 Å². The molecule has 3 heterocycles. The van der Waals surface area contributed by atoms with Gasteiger partial charge in [-0.25, -0.2) is 9.97 Å². The molecule has 0 saturated carbocycles. The van der Waals surface area contributed by atoms with Crippen LogP contribution in [0.4, 0.5) is 0 Å². The molecule has 7 heteroatoms. The Morgan fingerprint density at radius 2 is 2.07 bits per heavy atom. The maximum Gasteiger partial charge on any atom is 0.273 e. The molecular formula is C20H20N4O2S. The Hall–Kier alpha value is -2.80. The molecule has 0 spiro atoms. The van der Waals surface area contributed by atoms with E-state index in [1.807, 2.05) is 47.5 Å². The van der Waals surface area contributed by atoms with Crippen LogP contribution >= 0.6 is 11.3 Å². The maximum atomic E-state index is 12.9. The highest BCUT2D eigenvalue weighted by atomic mass is 32.1. The molecule has 4 rings (SSSR count). The van der Waals surface area contributed by atoms with Crippen LogP contribution in [0.15, 0.2) is 48.0 Å². The minimum absolute atomic E-state index is 0.0411. The first kappa shape index (κ1) is 17.6. The molecular weight excluding hydrogens is 360 g/mol. The summed E-state index contributed by atoms with van der Waals surface area (Å²) < 4.78 is 5.96. The van der Waals surface area contributed by atoms with Crippen LogP contribution in [-0.4, -0.2) is 45.0 Å². The van der Waals surface area contributed by atoms with Gasteiger partial charge in [0.25, 0.3) is 5.91 Å². The van der Waals surface area contributed by atoms with Crippen molar-refractivity contribution in [2.75, 3.05) is 13.1 Å². The average Bonchev–Trinajstić information content (AvgIpc) is 3.19. The predicted octanol–water partition coefficient (Wildman–Crippen LogP) is 3.59. The Kier molecular flexibility index (Phi) is 5.11. The Bertz CT molecular complexity index is 928. The van der Waals surface area contributed by atoms with Crippen LogP contribution in [0, 0.1) is 6.92 Å². The van der Waals surface area contributed by atoms with Crippen molar-refractivity contribution in [1.82, 2.24) is 19.9 Å². The van der Waals surface area contributed by atoms with Crippen molar-refractivity contribution in [3.8, 4) is 16.5 Å². The summed E-state index contributed by atoms with van der Waals surface area (Å²) >= 11 is 1.49. The molecule has 3 aromatic rings. The zero-order valence-corrected chi connectivity index (χ0v) is 15.9. The molecule has 0 aliphatic carbocycles. The summed E-state index contributed by atoms with van der Waals surface area (Å²) in [6.45, 7) is 3.09. The van der Waals surface area contributed by atoms with Gasteiger partial charge in [0.1, 0.15) is 22.6 Å². The van der Waals surface area contributed by atoms with Crippen molar-refractivity contribution >= 4 is 17.2 Å². The van der Waals surface area contributed by atoms with Crippen molar-refractivity contribution < 1.29 is 9.53 Å². The normalized spacial score (nSPS) is 16.9.